The number of aromatic nitrogens is 3. The molecule has 4 aromatic rings. The third kappa shape index (κ3) is 6.56. The van der Waals surface area contributed by atoms with E-state index in [0.29, 0.717) is 33.6 Å². The zero-order valence-corrected chi connectivity index (χ0v) is 23.9. The number of allylic oxidation sites excluding steroid dienone is 1. The predicted molar refractivity (Wildman–Crippen MR) is 158 cm³/mol. The summed E-state index contributed by atoms with van der Waals surface area (Å²) in [5, 5.41) is 14.0. The molecule has 0 aliphatic heterocycles. The van der Waals surface area contributed by atoms with Gasteiger partial charge >= 0.3 is 0 Å². The van der Waals surface area contributed by atoms with Crippen molar-refractivity contribution in [1.29, 1.82) is 0 Å². The number of nitrogens with one attached hydrogen (secondary N) is 1. The van der Waals surface area contributed by atoms with Crippen molar-refractivity contribution in [3.63, 3.8) is 0 Å². The summed E-state index contributed by atoms with van der Waals surface area (Å²) in [7, 11) is 0. The van der Waals surface area contributed by atoms with Crippen LogP contribution < -0.4 is 11.1 Å². The molecule has 0 spiro atoms. The summed E-state index contributed by atoms with van der Waals surface area (Å²) in [6.07, 6.45) is 1.79. The van der Waals surface area contributed by atoms with Gasteiger partial charge in [-0.05, 0) is 38.5 Å². The Bertz CT molecular complexity index is 1440. The number of hydrogen-bond donors (Lipinski definition) is 2. The summed E-state index contributed by atoms with van der Waals surface area (Å²) in [4.78, 5) is 26.6. The fourth-order valence-corrected chi connectivity index (χ4v) is 6.37. The van der Waals surface area contributed by atoms with Gasteiger partial charge in [0.05, 0.1) is 16.6 Å². The molecule has 4 rings (SSSR count). The third-order valence-corrected chi connectivity index (χ3v) is 8.77. The predicted octanol–water partition coefficient (Wildman–Crippen LogP) is 6.32. The fourth-order valence-electron chi connectivity index (χ4n) is 3.67. The van der Waals surface area contributed by atoms with Crippen molar-refractivity contribution in [3.8, 4) is 11.1 Å². The minimum Gasteiger partial charge on any atom is -0.365 e. The SMILES string of the molecule is C=CCn1c(CSc2ccc(C)cc2)nnc1SC(C)C(=O)Nc1scc(-c2ccc(C)cc2)c1C(N)=O. The molecule has 0 bridgehead atoms. The number of rotatable bonds is 11. The highest BCUT2D eigenvalue weighted by Gasteiger charge is 2.24. The van der Waals surface area contributed by atoms with Gasteiger partial charge in [-0.15, -0.1) is 39.9 Å². The van der Waals surface area contributed by atoms with Gasteiger partial charge in [-0.1, -0.05) is 65.4 Å². The number of benzene rings is 2. The van der Waals surface area contributed by atoms with Crippen LogP contribution in [0.5, 0.6) is 0 Å². The summed E-state index contributed by atoms with van der Waals surface area (Å²) in [6.45, 7) is 10.2. The van der Waals surface area contributed by atoms with Crippen molar-refractivity contribution >= 4 is 51.7 Å². The number of hydrogen-bond acceptors (Lipinski definition) is 7. The highest BCUT2D eigenvalue weighted by Crippen LogP contribution is 2.36. The summed E-state index contributed by atoms with van der Waals surface area (Å²) in [5.74, 6) is 0.615. The molecule has 196 valence electrons. The molecule has 2 aromatic heterocycles. The second-order valence-electron chi connectivity index (χ2n) is 8.73. The number of carbonyl (C=O) groups excluding carboxylic acids is 2. The number of aryl methyl sites for hydroxylation is 2. The molecule has 0 aliphatic carbocycles. The smallest absolute Gasteiger partial charge is 0.252 e. The standard InChI is InChI=1S/C28H29N5O2S3/c1-5-14-33-23(16-36-21-12-8-18(3)9-13-21)31-32-28(33)38-19(4)26(35)30-27-24(25(29)34)22(15-37-27)20-10-6-17(2)7-11-20/h5-13,15,19H,1,14,16H2,2-4H3,(H2,29,34)(H,30,35). The van der Waals surface area contributed by atoms with Crippen LogP contribution in [0.1, 0.15) is 34.2 Å². The minimum atomic E-state index is -0.584. The molecule has 0 fully saturated rings. The molecule has 0 aliphatic rings. The molecule has 2 aromatic carbocycles. The minimum absolute atomic E-state index is 0.251. The molecule has 10 heteroatoms. The highest BCUT2D eigenvalue weighted by molar-refractivity contribution is 8.00. The van der Waals surface area contributed by atoms with Crippen LogP contribution in [0.2, 0.25) is 0 Å². The first-order valence-corrected chi connectivity index (χ1v) is 14.7. The van der Waals surface area contributed by atoms with Crippen molar-refractivity contribution < 1.29 is 9.59 Å². The quantitative estimate of drug-likeness (QED) is 0.164. The van der Waals surface area contributed by atoms with Crippen LogP contribution in [0.4, 0.5) is 5.00 Å². The molecule has 1 unspecified atom stereocenters. The van der Waals surface area contributed by atoms with Crippen LogP contribution in [0.25, 0.3) is 11.1 Å². The van der Waals surface area contributed by atoms with Crippen LogP contribution in [0, 0.1) is 13.8 Å². The molecule has 0 saturated heterocycles. The zero-order chi connectivity index (χ0) is 27.2. The maximum atomic E-state index is 13.1. The normalized spacial score (nSPS) is 11.8. The van der Waals surface area contributed by atoms with Crippen LogP contribution in [0.15, 0.2) is 76.6 Å². The number of nitrogens with zero attached hydrogens (tertiary/aromatic N) is 3. The number of nitrogens with two attached hydrogens (primary N) is 1. The van der Waals surface area contributed by atoms with E-state index in [2.05, 4.69) is 53.3 Å². The lowest BCUT2D eigenvalue weighted by Crippen LogP contribution is -2.24. The van der Waals surface area contributed by atoms with Gasteiger partial charge in [0, 0.05) is 22.4 Å². The molecule has 7 nitrogen and oxygen atoms in total. The molecule has 1 atom stereocenters. The molecule has 3 N–H and O–H groups in total. The topological polar surface area (TPSA) is 103 Å². The second-order valence-corrected chi connectivity index (χ2v) is 12.0. The highest BCUT2D eigenvalue weighted by atomic mass is 32.2. The van der Waals surface area contributed by atoms with Gasteiger partial charge < -0.3 is 15.6 Å². The van der Waals surface area contributed by atoms with Gasteiger partial charge in [-0.25, -0.2) is 0 Å². The lowest BCUT2D eigenvalue weighted by molar-refractivity contribution is -0.115. The van der Waals surface area contributed by atoms with E-state index in [9.17, 15) is 9.59 Å². The number of thiophene rings is 1. The van der Waals surface area contributed by atoms with Crippen LogP contribution in [-0.2, 0) is 17.1 Å². The molecule has 0 saturated carbocycles. The van der Waals surface area contributed by atoms with E-state index < -0.39 is 11.2 Å². The molecule has 38 heavy (non-hydrogen) atoms. The van der Waals surface area contributed by atoms with E-state index in [-0.39, 0.29) is 5.91 Å². The number of primary amides is 1. The first kappa shape index (κ1) is 27.7. The van der Waals surface area contributed by atoms with Crippen LogP contribution >= 0.6 is 34.9 Å². The lowest BCUT2D eigenvalue weighted by atomic mass is 10.0. The van der Waals surface area contributed by atoms with Crippen LogP contribution in [-0.4, -0.2) is 31.8 Å². The summed E-state index contributed by atoms with van der Waals surface area (Å²) in [5.41, 5.74) is 9.94. The summed E-state index contributed by atoms with van der Waals surface area (Å²) < 4.78 is 1.97. The molecular formula is C28H29N5O2S3. The largest absolute Gasteiger partial charge is 0.365 e. The lowest BCUT2D eigenvalue weighted by Gasteiger charge is -2.13. The van der Waals surface area contributed by atoms with Crippen molar-refractivity contribution in [2.75, 3.05) is 5.32 Å². The van der Waals surface area contributed by atoms with E-state index in [1.807, 2.05) is 41.1 Å². The Hall–Kier alpha value is -3.34. The Morgan fingerprint density at radius 3 is 2.39 bits per heavy atom. The third-order valence-electron chi connectivity index (χ3n) is 5.78. The van der Waals surface area contributed by atoms with Crippen molar-refractivity contribution in [1.82, 2.24) is 14.8 Å². The first-order valence-electron chi connectivity index (χ1n) is 11.9. The van der Waals surface area contributed by atoms with Gasteiger partial charge in [0.1, 0.15) is 10.8 Å². The van der Waals surface area contributed by atoms with E-state index in [0.717, 1.165) is 21.8 Å². The van der Waals surface area contributed by atoms with Crippen LogP contribution in [0.3, 0.4) is 0 Å². The van der Waals surface area contributed by atoms with Gasteiger partial charge in [-0.3, -0.25) is 9.59 Å². The maximum Gasteiger partial charge on any atom is 0.252 e. The molecule has 0 radical (unpaired) electrons. The van der Waals surface area contributed by atoms with E-state index in [1.54, 1.807) is 24.8 Å². The van der Waals surface area contributed by atoms with Gasteiger partial charge in [-0.2, -0.15) is 0 Å². The number of carbonyl (C=O) groups is 2. The number of anilines is 1. The van der Waals surface area contributed by atoms with E-state index in [1.165, 1.54) is 28.7 Å². The average Bonchev–Trinajstić information content (AvgIpc) is 3.48. The van der Waals surface area contributed by atoms with Gasteiger partial charge in [0.15, 0.2) is 5.16 Å². The number of amides is 2. The monoisotopic (exact) mass is 563 g/mol. The second kappa shape index (κ2) is 12.5. The summed E-state index contributed by atoms with van der Waals surface area (Å²) in [6, 6.07) is 16.2. The summed E-state index contributed by atoms with van der Waals surface area (Å²) >= 11 is 4.27. The van der Waals surface area contributed by atoms with Gasteiger partial charge in [0.25, 0.3) is 5.91 Å². The Morgan fingerprint density at radius 2 is 1.76 bits per heavy atom. The maximum absolute atomic E-state index is 13.1. The van der Waals surface area contributed by atoms with Gasteiger partial charge in [0.2, 0.25) is 5.91 Å². The average molecular weight is 564 g/mol. The Balaban J connectivity index is 1.47. The first-order chi connectivity index (χ1) is 18.3. The fraction of sp³-hybridized carbons (Fsp3) is 0.214. The Labute approximate surface area is 234 Å². The molecular weight excluding hydrogens is 535 g/mol. The zero-order valence-electron chi connectivity index (χ0n) is 21.4. The van der Waals surface area contributed by atoms with Crippen molar-refractivity contribution in [2.45, 2.75) is 48.4 Å². The Kier molecular flexibility index (Phi) is 9.09. The molecule has 2 heterocycles. The van der Waals surface area contributed by atoms with E-state index >= 15 is 0 Å². The van der Waals surface area contributed by atoms with E-state index in [4.69, 9.17) is 5.73 Å². The van der Waals surface area contributed by atoms with Crippen molar-refractivity contribution in [3.05, 3.63) is 89.1 Å². The number of thioether (sulfide) groups is 2. The van der Waals surface area contributed by atoms with Crippen molar-refractivity contribution in [2.24, 2.45) is 5.73 Å². The molecule has 2 amide bonds. The Morgan fingerprint density at radius 1 is 1.11 bits per heavy atom.